The summed E-state index contributed by atoms with van der Waals surface area (Å²) in [5, 5.41) is 2.87. The number of nitrogen functional groups attached to an aromatic ring is 1. The van der Waals surface area contributed by atoms with Crippen LogP contribution in [-0.2, 0) is 17.6 Å². The van der Waals surface area contributed by atoms with Crippen molar-refractivity contribution in [2.75, 3.05) is 11.1 Å². The number of amides is 1. The topological polar surface area (TPSA) is 72.2 Å². The molecule has 0 saturated carbocycles. The van der Waals surface area contributed by atoms with Crippen molar-refractivity contribution in [2.45, 2.75) is 32.1 Å². The van der Waals surface area contributed by atoms with Crippen molar-refractivity contribution < 1.29 is 9.59 Å². The molecule has 4 nitrogen and oxygen atoms in total. The number of anilines is 2. The monoisotopic (exact) mass is 308 g/mol. The molecule has 0 unspecified atom stereocenters. The molecule has 0 atom stereocenters. The fraction of sp³-hybridized carbons (Fsp3) is 0.263. The second kappa shape index (κ2) is 6.65. The van der Waals surface area contributed by atoms with E-state index in [4.69, 9.17) is 5.73 Å². The van der Waals surface area contributed by atoms with E-state index in [2.05, 4.69) is 5.32 Å². The average molecular weight is 308 g/mol. The Morgan fingerprint density at radius 1 is 1.13 bits per heavy atom. The second-order valence-electron chi connectivity index (χ2n) is 5.90. The van der Waals surface area contributed by atoms with E-state index in [1.54, 1.807) is 6.07 Å². The molecular formula is C19H20N2O2. The molecule has 4 heteroatoms. The number of carbonyl (C=O) groups is 2. The van der Waals surface area contributed by atoms with Crippen LogP contribution in [0.15, 0.2) is 42.5 Å². The number of aryl methyl sites for hydroxylation is 2. The Morgan fingerprint density at radius 2 is 1.96 bits per heavy atom. The lowest BCUT2D eigenvalue weighted by Crippen LogP contribution is -2.15. The molecule has 0 heterocycles. The van der Waals surface area contributed by atoms with Crippen LogP contribution in [-0.4, -0.2) is 11.7 Å². The van der Waals surface area contributed by atoms with E-state index in [1.165, 1.54) is 0 Å². The zero-order valence-corrected chi connectivity index (χ0v) is 13.0. The van der Waals surface area contributed by atoms with Crippen molar-refractivity contribution in [3.63, 3.8) is 0 Å². The number of benzene rings is 2. The van der Waals surface area contributed by atoms with Crippen LogP contribution in [0.5, 0.6) is 0 Å². The van der Waals surface area contributed by atoms with Crippen LogP contribution in [0.2, 0.25) is 0 Å². The van der Waals surface area contributed by atoms with Crippen LogP contribution in [0.4, 0.5) is 11.4 Å². The van der Waals surface area contributed by atoms with Crippen molar-refractivity contribution in [2.24, 2.45) is 0 Å². The van der Waals surface area contributed by atoms with Gasteiger partial charge >= 0.3 is 0 Å². The highest BCUT2D eigenvalue weighted by molar-refractivity contribution is 6.00. The number of nitrogens with two attached hydrogens (primary N) is 1. The van der Waals surface area contributed by atoms with E-state index in [-0.39, 0.29) is 11.7 Å². The lowest BCUT2D eigenvalue weighted by Gasteiger charge is -2.16. The van der Waals surface area contributed by atoms with Gasteiger partial charge in [0.2, 0.25) is 5.91 Å². The Kier molecular flexibility index (Phi) is 4.42. The molecule has 0 saturated heterocycles. The molecule has 1 amide bonds. The van der Waals surface area contributed by atoms with E-state index in [9.17, 15) is 9.59 Å². The van der Waals surface area contributed by atoms with E-state index >= 15 is 0 Å². The molecule has 0 aromatic heterocycles. The largest absolute Gasteiger partial charge is 0.399 e. The first kappa shape index (κ1) is 15.3. The summed E-state index contributed by atoms with van der Waals surface area (Å²) < 4.78 is 0. The molecule has 3 rings (SSSR count). The van der Waals surface area contributed by atoms with Gasteiger partial charge in [-0.2, -0.15) is 0 Å². The van der Waals surface area contributed by atoms with Gasteiger partial charge in [0, 0.05) is 29.8 Å². The zero-order valence-electron chi connectivity index (χ0n) is 13.0. The highest BCUT2D eigenvalue weighted by Crippen LogP contribution is 2.24. The Bertz CT molecular complexity index is 753. The minimum absolute atomic E-state index is 0.0727. The van der Waals surface area contributed by atoms with Gasteiger partial charge in [0.05, 0.1) is 0 Å². The number of rotatable bonds is 4. The molecule has 118 valence electrons. The first-order chi connectivity index (χ1) is 11.1. The zero-order chi connectivity index (χ0) is 16.2. The summed E-state index contributed by atoms with van der Waals surface area (Å²) in [5.74, 6) is 0.0934. The van der Waals surface area contributed by atoms with Gasteiger partial charge in [-0.3, -0.25) is 9.59 Å². The molecule has 23 heavy (non-hydrogen) atoms. The highest BCUT2D eigenvalue weighted by atomic mass is 16.1. The van der Waals surface area contributed by atoms with Crippen molar-refractivity contribution >= 4 is 23.1 Å². The van der Waals surface area contributed by atoms with E-state index in [0.29, 0.717) is 30.6 Å². The summed E-state index contributed by atoms with van der Waals surface area (Å²) in [6.07, 6.45) is 3.40. The summed E-state index contributed by atoms with van der Waals surface area (Å²) in [7, 11) is 0. The highest BCUT2D eigenvalue weighted by Gasteiger charge is 2.17. The van der Waals surface area contributed by atoms with Crippen LogP contribution in [0.25, 0.3) is 0 Å². The standard InChI is InChI=1S/C19H20N2O2/c20-17-6-2-1-4-14(17)9-11-19(23)21-15-10-8-13-5-3-7-18(22)16(13)12-15/h1-2,4,6,8,10,12H,3,5,7,9,11,20H2,(H,21,23). The number of carbonyl (C=O) groups excluding carboxylic acids is 2. The smallest absolute Gasteiger partial charge is 0.224 e. The first-order valence-corrected chi connectivity index (χ1v) is 7.93. The fourth-order valence-electron chi connectivity index (χ4n) is 2.94. The third kappa shape index (κ3) is 3.59. The van der Waals surface area contributed by atoms with Crippen LogP contribution >= 0.6 is 0 Å². The van der Waals surface area contributed by atoms with Crippen LogP contribution in [0, 0.1) is 0 Å². The Hall–Kier alpha value is -2.62. The summed E-state index contributed by atoms with van der Waals surface area (Å²) in [6.45, 7) is 0. The lowest BCUT2D eigenvalue weighted by atomic mass is 9.90. The van der Waals surface area contributed by atoms with Gasteiger partial charge in [-0.1, -0.05) is 24.3 Å². The molecule has 0 fully saturated rings. The van der Waals surface area contributed by atoms with Gasteiger partial charge in [0.1, 0.15) is 0 Å². The van der Waals surface area contributed by atoms with Gasteiger partial charge < -0.3 is 11.1 Å². The average Bonchev–Trinajstić information content (AvgIpc) is 2.55. The number of hydrogen-bond acceptors (Lipinski definition) is 3. The summed E-state index contributed by atoms with van der Waals surface area (Å²) in [4.78, 5) is 24.1. The minimum Gasteiger partial charge on any atom is -0.399 e. The Morgan fingerprint density at radius 3 is 2.78 bits per heavy atom. The van der Waals surface area contributed by atoms with E-state index < -0.39 is 0 Å². The van der Waals surface area contributed by atoms with Crippen LogP contribution in [0.1, 0.15) is 40.7 Å². The summed E-state index contributed by atoms with van der Waals surface area (Å²) in [5.41, 5.74) is 10.1. The maximum absolute atomic E-state index is 12.1. The SMILES string of the molecule is Nc1ccccc1CCC(=O)Nc1ccc2c(c1)C(=O)CCC2. The third-order valence-corrected chi connectivity index (χ3v) is 4.22. The molecule has 2 aromatic carbocycles. The number of para-hydroxylation sites is 1. The number of hydrogen-bond donors (Lipinski definition) is 2. The van der Waals surface area contributed by atoms with Gasteiger partial charge in [-0.15, -0.1) is 0 Å². The molecule has 0 aliphatic heterocycles. The van der Waals surface area contributed by atoms with Gasteiger partial charge in [-0.25, -0.2) is 0 Å². The van der Waals surface area contributed by atoms with Crippen molar-refractivity contribution in [1.29, 1.82) is 0 Å². The minimum atomic E-state index is -0.0727. The second-order valence-corrected chi connectivity index (χ2v) is 5.90. The summed E-state index contributed by atoms with van der Waals surface area (Å²) >= 11 is 0. The molecule has 1 aliphatic carbocycles. The summed E-state index contributed by atoms with van der Waals surface area (Å²) in [6, 6.07) is 13.2. The molecule has 3 N–H and O–H groups in total. The maximum atomic E-state index is 12.1. The third-order valence-electron chi connectivity index (χ3n) is 4.22. The number of ketones is 1. The van der Waals surface area contributed by atoms with E-state index in [0.717, 1.165) is 29.5 Å². The lowest BCUT2D eigenvalue weighted by molar-refractivity contribution is -0.116. The van der Waals surface area contributed by atoms with Gasteiger partial charge in [0.15, 0.2) is 5.78 Å². The quantitative estimate of drug-likeness (QED) is 0.851. The van der Waals surface area contributed by atoms with Crippen LogP contribution < -0.4 is 11.1 Å². The Balaban J connectivity index is 1.63. The molecule has 0 spiro atoms. The van der Waals surface area contributed by atoms with Gasteiger partial charge in [0.25, 0.3) is 0 Å². The molecule has 0 radical (unpaired) electrons. The molecule has 0 bridgehead atoms. The number of fused-ring (bicyclic) bond motifs is 1. The van der Waals surface area contributed by atoms with Crippen molar-refractivity contribution in [1.82, 2.24) is 0 Å². The molecular weight excluding hydrogens is 288 g/mol. The van der Waals surface area contributed by atoms with Crippen molar-refractivity contribution in [3.05, 3.63) is 59.2 Å². The normalized spacial score (nSPS) is 13.5. The van der Waals surface area contributed by atoms with Gasteiger partial charge in [-0.05, 0) is 48.6 Å². The maximum Gasteiger partial charge on any atom is 0.224 e. The predicted molar refractivity (Wildman–Crippen MR) is 91.5 cm³/mol. The Labute approximate surface area is 135 Å². The number of Topliss-reactive ketones (excluding diaryl/α,β-unsaturated/α-hetero) is 1. The number of nitrogens with one attached hydrogen (secondary N) is 1. The molecule has 1 aliphatic rings. The van der Waals surface area contributed by atoms with Crippen LogP contribution in [0.3, 0.4) is 0 Å². The van der Waals surface area contributed by atoms with Crippen molar-refractivity contribution in [3.8, 4) is 0 Å². The predicted octanol–water partition coefficient (Wildman–Crippen LogP) is 3.36. The van der Waals surface area contributed by atoms with E-state index in [1.807, 2.05) is 36.4 Å². The molecule has 2 aromatic rings. The first-order valence-electron chi connectivity index (χ1n) is 7.93. The fourth-order valence-corrected chi connectivity index (χ4v) is 2.94.